The molecule has 3 atom stereocenters. The third-order valence-corrected chi connectivity index (χ3v) is 6.85. The lowest BCUT2D eigenvalue weighted by atomic mass is 9.73. The lowest BCUT2D eigenvalue weighted by Crippen LogP contribution is -2.73. The lowest BCUT2D eigenvalue weighted by Gasteiger charge is -2.58. The van der Waals surface area contributed by atoms with Gasteiger partial charge in [0.05, 0.1) is 31.7 Å². The molecule has 0 aliphatic carbocycles. The van der Waals surface area contributed by atoms with Gasteiger partial charge < -0.3 is 14.9 Å². The Hall–Kier alpha value is -3.95. The Morgan fingerprint density at radius 3 is 2.60 bits per heavy atom. The highest BCUT2D eigenvalue weighted by molar-refractivity contribution is 5.88. The third kappa shape index (κ3) is 4.68. The molecule has 2 fully saturated rings. The van der Waals surface area contributed by atoms with Crippen LogP contribution in [0, 0.1) is 18.8 Å². The molecule has 35 heavy (non-hydrogen) atoms. The summed E-state index contributed by atoms with van der Waals surface area (Å²) in [6.07, 6.45) is 3.56. The Morgan fingerprint density at radius 1 is 1.09 bits per heavy atom. The van der Waals surface area contributed by atoms with Crippen molar-refractivity contribution in [1.82, 2.24) is 14.8 Å². The predicted octanol–water partition coefficient (Wildman–Crippen LogP) is 2.53. The van der Waals surface area contributed by atoms with E-state index in [2.05, 4.69) is 22.9 Å². The van der Waals surface area contributed by atoms with E-state index in [1.807, 2.05) is 55.5 Å². The van der Waals surface area contributed by atoms with Gasteiger partial charge in [-0.1, -0.05) is 42.2 Å². The number of benzene rings is 2. The molecule has 0 saturated carbocycles. The van der Waals surface area contributed by atoms with Gasteiger partial charge in [0, 0.05) is 36.0 Å². The van der Waals surface area contributed by atoms with Crippen LogP contribution in [0.15, 0.2) is 73.1 Å². The quantitative estimate of drug-likeness (QED) is 0.601. The number of carbonyl (C=O) groups is 2. The fourth-order valence-electron chi connectivity index (χ4n) is 5.13. The van der Waals surface area contributed by atoms with E-state index in [0.717, 1.165) is 22.3 Å². The maximum Gasteiger partial charge on any atom is 0.242 e. The summed E-state index contributed by atoms with van der Waals surface area (Å²) in [4.78, 5) is 33.2. The van der Waals surface area contributed by atoms with E-state index in [9.17, 15) is 14.7 Å². The van der Waals surface area contributed by atoms with Crippen molar-refractivity contribution in [2.24, 2.45) is 0 Å². The van der Waals surface area contributed by atoms with Crippen LogP contribution >= 0.6 is 0 Å². The molecule has 2 saturated heterocycles. The summed E-state index contributed by atoms with van der Waals surface area (Å²) in [5.41, 5.74) is 4.92. The number of hydrogen-bond acceptors (Lipinski definition) is 4. The number of rotatable bonds is 4. The van der Waals surface area contributed by atoms with Crippen molar-refractivity contribution in [3.05, 3.63) is 101 Å². The number of aliphatic hydroxyl groups excluding tert-OH is 1. The first-order valence-corrected chi connectivity index (χ1v) is 11.8. The summed E-state index contributed by atoms with van der Waals surface area (Å²) >= 11 is 0. The maximum atomic E-state index is 12.9. The average molecular weight is 466 g/mol. The molecular weight excluding hydrogens is 438 g/mol. The van der Waals surface area contributed by atoms with Crippen LogP contribution in [0.2, 0.25) is 0 Å². The molecule has 2 aliphatic heterocycles. The van der Waals surface area contributed by atoms with Crippen LogP contribution in [0.5, 0.6) is 0 Å². The summed E-state index contributed by atoms with van der Waals surface area (Å²) < 4.78 is 0. The van der Waals surface area contributed by atoms with Crippen LogP contribution in [-0.2, 0) is 16.0 Å². The molecule has 2 aromatic carbocycles. The van der Waals surface area contributed by atoms with Crippen LogP contribution in [0.1, 0.15) is 33.7 Å². The molecule has 0 radical (unpaired) electrons. The molecule has 2 amide bonds. The fourth-order valence-corrected chi connectivity index (χ4v) is 5.13. The SMILES string of the molecule is Cc1cccc(C#Cc2ccc([C@@H]3[C@H](CO)N4C(=O)CN(C(=O)Cc5cccnc5)C[C@@H]34)cc2)c1. The Balaban J connectivity index is 1.31. The molecule has 2 aliphatic rings. The molecule has 6 nitrogen and oxygen atoms in total. The summed E-state index contributed by atoms with van der Waals surface area (Å²) in [5.74, 6) is 6.17. The highest BCUT2D eigenvalue weighted by Crippen LogP contribution is 2.43. The normalized spacial score (nSPS) is 21.0. The van der Waals surface area contributed by atoms with E-state index >= 15 is 0 Å². The number of nitrogens with zero attached hydrogens (tertiary/aromatic N) is 3. The van der Waals surface area contributed by atoms with Crippen LogP contribution in [0.3, 0.4) is 0 Å². The smallest absolute Gasteiger partial charge is 0.242 e. The Morgan fingerprint density at radius 2 is 1.89 bits per heavy atom. The number of aliphatic hydroxyl groups is 1. The first kappa shape index (κ1) is 22.8. The van der Waals surface area contributed by atoms with Gasteiger partial charge in [-0.3, -0.25) is 14.6 Å². The number of hydrogen-bond donors (Lipinski definition) is 1. The van der Waals surface area contributed by atoms with E-state index in [1.54, 1.807) is 28.3 Å². The van der Waals surface area contributed by atoms with Crippen molar-refractivity contribution < 1.29 is 14.7 Å². The number of carbonyl (C=O) groups excluding carboxylic acids is 2. The molecule has 1 N–H and O–H groups in total. The van der Waals surface area contributed by atoms with Crippen molar-refractivity contribution >= 4 is 11.8 Å². The van der Waals surface area contributed by atoms with Gasteiger partial charge in [-0.2, -0.15) is 0 Å². The minimum atomic E-state index is -0.271. The van der Waals surface area contributed by atoms with Gasteiger partial charge in [0.15, 0.2) is 0 Å². The van der Waals surface area contributed by atoms with Gasteiger partial charge in [-0.15, -0.1) is 0 Å². The molecular formula is C29H27N3O3. The van der Waals surface area contributed by atoms with Crippen LogP contribution in [-0.4, -0.2) is 63.5 Å². The predicted molar refractivity (Wildman–Crippen MR) is 132 cm³/mol. The van der Waals surface area contributed by atoms with Gasteiger partial charge in [0.25, 0.3) is 0 Å². The standard InChI is InChI=1S/C29H27N3O3/c1-20-4-2-5-22(14-20)8-7-21-9-11-24(12-10-21)29-25-17-31(18-28(35)32(25)26(29)19-33)27(34)15-23-6-3-13-30-16-23/h2-6,9-14,16,25-26,29,33H,15,17-19H2,1H3/t25-,26-,29-/m0/s1. The topological polar surface area (TPSA) is 73.7 Å². The summed E-state index contributed by atoms with van der Waals surface area (Å²) in [6.45, 7) is 2.45. The van der Waals surface area contributed by atoms with Gasteiger partial charge in [-0.05, 0) is 53.9 Å². The van der Waals surface area contributed by atoms with Crippen molar-refractivity contribution in [2.45, 2.75) is 31.3 Å². The zero-order chi connectivity index (χ0) is 24.4. The molecule has 0 bridgehead atoms. The molecule has 5 rings (SSSR count). The van der Waals surface area contributed by atoms with Crippen LogP contribution < -0.4 is 0 Å². The number of fused-ring (bicyclic) bond motifs is 1. The number of aryl methyl sites for hydroxylation is 1. The molecule has 1 aromatic heterocycles. The zero-order valence-corrected chi connectivity index (χ0v) is 19.6. The number of amides is 2. The second kappa shape index (κ2) is 9.73. The van der Waals surface area contributed by atoms with E-state index in [-0.39, 0.29) is 49.4 Å². The van der Waals surface area contributed by atoms with Crippen molar-refractivity contribution in [3.8, 4) is 11.8 Å². The molecule has 3 aromatic rings. The van der Waals surface area contributed by atoms with Gasteiger partial charge in [0.2, 0.25) is 11.8 Å². The van der Waals surface area contributed by atoms with E-state index in [0.29, 0.717) is 6.54 Å². The third-order valence-electron chi connectivity index (χ3n) is 6.85. The zero-order valence-electron chi connectivity index (χ0n) is 19.6. The fraction of sp³-hybridized carbons (Fsp3) is 0.276. The monoisotopic (exact) mass is 465 g/mol. The van der Waals surface area contributed by atoms with E-state index in [4.69, 9.17) is 0 Å². The number of pyridine rings is 1. The average Bonchev–Trinajstić information content (AvgIpc) is 2.85. The van der Waals surface area contributed by atoms with Gasteiger partial charge >= 0.3 is 0 Å². The summed E-state index contributed by atoms with van der Waals surface area (Å²) in [5, 5.41) is 10.0. The highest BCUT2D eigenvalue weighted by atomic mass is 16.3. The van der Waals surface area contributed by atoms with Crippen molar-refractivity contribution in [1.29, 1.82) is 0 Å². The Labute approximate surface area is 205 Å². The number of aromatic nitrogens is 1. The van der Waals surface area contributed by atoms with Gasteiger partial charge in [-0.25, -0.2) is 0 Å². The number of piperazine rings is 1. The second-order valence-electron chi connectivity index (χ2n) is 9.20. The summed E-state index contributed by atoms with van der Waals surface area (Å²) in [7, 11) is 0. The van der Waals surface area contributed by atoms with Gasteiger partial charge in [0.1, 0.15) is 0 Å². The van der Waals surface area contributed by atoms with E-state index in [1.165, 1.54) is 5.56 Å². The minimum Gasteiger partial charge on any atom is -0.394 e. The molecule has 0 unspecified atom stereocenters. The van der Waals surface area contributed by atoms with E-state index < -0.39 is 0 Å². The highest BCUT2D eigenvalue weighted by Gasteiger charge is 2.54. The molecule has 0 spiro atoms. The van der Waals surface area contributed by atoms with Crippen LogP contribution in [0.25, 0.3) is 0 Å². The van der Waals surface area contributed by atoms with Crippen molar-refractivity contribution in [2.75, 3.05) is 19.7 Å². The molecule has 176 valence electrons. The minimum absolute atomic E-state index is 0.0308. The molecule has 6 heteroatoms. The second-order valence-corrected chi connectivity index (χ2v) is 9.20. The first-order valence-electron chi connectivity index (χ1n) is 11.8. The lowest BCUT2D eigenvalue weighted by molar-refractivity contribution is -0.166. The first-order chi connectivity index (χ1) is 17.0. The Bertz CT molecular complexity index is 1290. The Kier molecular flexibility index (Phi) is 6.35. The molecule has 3 heterocycles. The van der Waals surface area contributed by atoms with Crippen molar-refractivity contribution in [3.63, 3.8) is 0 Å². The largest absolute Gasteiger partial charge is 0.394 e. The summed E-state index contributed by atoms with van der Waals surface area (Å²) in [6, 6.07) is 19.3. The maximum absolute atomic E-state index is 12.9. The van der Waals surface area contributed by atoms with Crippen LogP contribution in [0.4, 0.5) is 0 Å².